The minimum Gasteiger partial charge on any atom is -0.399 e. The quantitative estimate of drug-likeness (QED) is 0.403. The molecule has 1 aromatic rings. The monoisotopic (exact) mass is 191 g/mol. The molecule has 0 aliphatic rings. The predicted octanol–water partition coefficient (Wildman–Crippen LogP) is 1.17. The van der Waals surface area contributed by atoms with Gasteiger partial charge in [0.1, 0.15) is 0 Å². The Kier molecular flexibility index (Phi) is 2.60. The molecule has 1 nitrogen and oxygen atoms in total. The fraction of sp³-hybridized carbons (Fsp3) is 0. The smallest absolute Gasteiger partial charge is 0.266 e. The second-order valence-electron chi connectivity index (χ2n) is 1.97. The Hall–Kier alpha value is -0.183. The van der Waals surface area contributed by atoms with Gasteiger partial charge in [-0.15, -0.1) is 22.2 Å². The lowest BCUT2D eigenvalue weighted by Crippen LogP contribution is -2.17. The van der Waals surface area contributed by atoms with Gasteiger partial charge in [0, 0.05) is 5.69 Å². The molecule has 0 saturated carbocycles. The van der Waals surface area contributed by atoms with Gasteiger partial charge in [-0.25, -0.2) is 0 Å². The lowest BCUT2D eigenvalue weighted by Gasteiger charge is -1.98. The van der Waals surface area contributed by atoms with Crippen molar-refractivity contribution in [2.45, 2.75) is 0 Å². The largest absolute Gasteiger partial charge is 0.399 e. The van der Waals surface area contributed by atoms with E-state index in [-0.39, 0.29) is 0 Å². The van der Waals surface area contributed by atoms with Crippen molar-refractivity contribution >= 4 is 40.4 Å². The number of hydrogen-bond donors (Lipinski definition) is 1. The van der Waals surface area contributed by atoms with Crippen LogP contribution in [0.5, 0.6) is 0 Å². The van der Waals surface area contributed by atoms with Gasteiger partial charge in [0.05, 0.1) is 0 Å². The molecule has 0 heterocycles. The lowest BCUT2D eigenvalue weighted by molar-refractivity contribution is 1.73. The van der Waals surface area contributed by atoms with Crippen molar-refractivity contribution in [2.24, 2.45) is 0 Å². The molecule has 0 aliphatic carbocycles. The fourth-order valence-electron chi connectivity index (χ4n) is 0.641. The van der Waals surface area contributed by atoms with Crippen LogP contribution in [0.3, 0.4) is 0 Å². The van der Waals surface area contributed by atoms with E-state index in [1.165, 1.54) is 0 Å². The standard InChI is InChI=1S/C6H7Cl2NSi/c7-10(8)6-3-1-5(9)2-4-6/h1-4,10H,9H2. The van der Waals surface area contributed by atoms with E-state index in [0.29, 0.717) is 0 Å². The molecule has 54 valence electrons. The van der Waals surface area contributed by atoms with E-state index in [2.05, 4.69) is 0 Å². The minimum atomic E-state index is -1.66. The molecule has 0 radical (unpaired) electrons. The highest BCUT2D eigenvalue weighted by molar-refractivity contribution is 7.39. The number of halogens is 2. The van der Waals surface area contributed by atoms with E-state index in [9.17, 15) is 0 Å². The van der Waals surface area contributed by atoms with Crippen molar-refractivity contribution < 1.29 is 0 Å². The number of rotatable bonds is 1. The van der Waals surface area contributed by atoms with E-state index in [1.807, 2.05) is 12.1 Å². The fourth-order valence-corrected chi connectivity index (χ4v) is 2.00. The van der Waals surface area contributed by atoms with Crippen molar-refractivity contribution in [1.29, 1.82) is 0 Å². The summed E-state index contributed by atoms with van der Waals surface area (Å²) in [6.45, 7) is 0. The van der Waals surface area contributed by atoms with E-state index < -0.39 is 7.42 Å². The number of anilines is 1. The molecule has 0 aliphatic heterocycles. The van der Waals surface area contributed by atoms with Gasteiger partial charge in [-0.2, -0.15) is 0 Å². The van der Waals surface area contributed by atoms with Crippen LogP contribution in [0.25, 0.3) is 0 Å². The Labute approximate surface area is 70.8 Å². The highest BCUT2D eigenvalue weighted by Gasteiger charge is 2.03. The van der Waals surface area contributed by atoms with Crippen LogP contribution in [0.15, 0.2) is 24.3 Å². The average Bonchev–Trinajstić information content (AvgIpc) is 1.88. The van der Waals surface area contributed by atoms with Crippen LogP contribution in [0.4, 0.5) is 5.69 Å². The van der Waals surface area contributed by atoms with Crippen LogP contribution in [0.2, 0.25) is 0 Å². The summed E-state index contributed by atoms with van der Waals surface area (Å²) in [7, 11) is -1.66. The van der Waals surface area contributed by atoms with E-state index in [1.54, 1.807) is 12.1 Å². The molecule has 1 aromatic carbocycles. The van der Waals surface area contributed by atoms with Crippen LogP contribution < -0.4 is 10.9 Å². The van der Waals surface area contributed by atoms with E-state index in [0.717, 1.165) is 10.9 Å². The molecular weight excluding hydrogens is 185 g/mol. The summed E-state index contributed by atoms with van der Waals surface area (Å²) in [5.41, 5.74) is 6.20. The first-order valence-corrected chi connectivity index (χ1v) is 6.90. The Morgan fingerprint density at radius 1 is 1.10 bits per heavy atom. The molecule has 4 heteroatoms. The highest BCUT2D eigenvalue weighted by Crippen LogP contribution is 2.01. The molecule has 0 spiro atoms. The third-order valence-electron chi connectivity index (χ3n) is 1.19. The molecule has 2 N–H and O–H groups in total. The second-order valence-corrected chi connectivity index (χ2v) is 6.52. The third kappa shape index (κ3) is 1.90. The molecule has 1 rings (SSSR count). The van der Waals surface area contributed by atoms with Gasteiger partial charge < -0.3 is 5.73 Å². The maximum atomic E-state index is 5.72. The minimum absolute atomic E-state index is 0.742. The second kappa shape index (κ2) is 3.28. The average molecular weight is 192 g/mol. The zero-order valence-electron chi connectivity index (χ0n) is 5.22. The van der Waals surface area contributed by atoms with Gasteiger partial charge in [-0.1, -0.05) is 12.1 Å². The first-order valence-electron chi connectivity index (χ1n) is 2.84. The topological polar surface area (TPSA) is 26.0 Å². The summed E-state index contributed by atoms with van der Waals surface area (Å²) in [5, 5.41) is 1.01. The van der Waals surface area contributed by atoms with E-state index >= 15 is 0 Å². The number of hydrogen-bond acceptors (Lipinski definition) is 1. The lowest BCUT2D eigenvalue weighted by atomic mass is 10.3. The highest BCUT2D eigenvalue weighted by atomic mass is 35.7. The maximum Gasteiger partial charge on any atom is 0.266 e. The Morgan fingerprint density at radius 3 is 2.00 bits per heavy atom. The van der Waals surface area contributed by atoms with E-state index in [4.69, 9.17) is 27.9 Å². The van der Waals surface area contributed by atoms with Crippen LogP contribution in [0, 0.1) is 0 Å². The number of benzene rings is 1. The zero-order chi connectivity index (χ0) is 7.56. The molecule has 0 bridgehead atoms. The SMILES string of the molecule is Nc1ccc([SiH](Cl)Cl)cc1. The van der Waals surface area contributed by atoms with Crippen LogP contribution in [0.1, 0.15) is 0 Å². The van der Waals surface area contributed by atoms with Crippen molar-refractivity contribution in [1.82, 2.24) is 0 Å². The van der Waals surface area contributed by atoms with Gasteiger partial charge in [-0.05, 0) is 17.3 Å². The number of nitrogen functional groups attached to an aromatic ring is 1. The number of nitrogens with two attached hydrogens (primary N) is 1. The van der Waals surface area contributed by atoms with Crippen LogP contribution in [-0.2, 0) is 0 Å². The van der Waals surface area contributed by atoms with Crippen LogP contribution in [-0.4, -0.2) is 7.42 Å². The molecule has 0 fully saturated rings. The Morgan fingerprint density at radius 2 is 1.60 bits per heavy atom. The summed E-state index contributed by atoms with van der Waals surface area (Å²) in [6, 6.07) is 7.35. The third-order valence-corrected chi connectivity index (χ3v) is 3.59. The maximum absolute atomic E-state index is 5.72. The first kappa shape index (κ1) is 7.92. The molecule has 0 aromatic heterocycles. The summed E-state index contributed by atoms with van der Waals surface area (Å²) in [6.07, 6.45) is 0. The van der Waals surface area contributed by atoms with Gasteiger partial charge in [0.15, 0.2) is 0 Å². The van der Waals surface area contributed by atoms with Gasteiger partial charge in [-0.3, -0.25) is 0 Å². The Bertz CT molecular complexity index is 209. The molecule has 0 saturated heterocycles. The van der Waals surface area contributed by atoms with Crippen molar-refractivity contribution in [2.75, 3.05) is 5.73 Å². The molecule has 0 amide bonds. The van der Waals surface area contributed by atoms with Crippen molar-refractivity contribution in [3.8, 4) is 0 Å². The first-order chi connectivity index (χ1) is 4.70. The van der Waals surface area contributed by atoms with Gasteiger partial charge in [0.2, 0.25) is 0 Å². The van der Waals surface area contributed by atoms with Crippen molar-refractivity contribution in [3.63, 3.8) is 0 Å². The summed E-state index contributed by atoms with van der Waals surface area (Å²) in [5.74, 6) is 0. The van der Waals surface area contributed by atoms with Gasteiger partial charge >= 0.3 is 0 Å². The Balaban J connectivity index is 2.89. The molecule has 10 heavy (non-hydrogen) atoms. The zero-order valence-corrected chi connectivity index (χ0v) is 7.89. The van der Waals surface area contributed by atoms with Gasteiger partial charge in [0.25, 0.3) is 7.42 Å². The van der Waals surface area contributed by atoms with Crippen LogP contribution >= 0.6 is 22.2 Å². The summed E-state index contributed by atoms with van der Waals surface area (Å²) < 4.78 is 0. The predicted molar refractivity (Wildman–Crippen MR) is 49.3 cm³/mol. The normalized spacial score (nSPS) is 10.3. The molecule has 0 atom stereocenters. The molecule has 0 unspecified atom stereocenters. The van der Waals surface area contributed by atoms with Crippen molar-refractivity contribution in [3.05, 3.63) is 24.3 Å². The summed E-state index contributed by atoms with van der Waals surface area (Å²) in [4.78, 5) is 0. The summed E-state index contributed by atoms with van der Waals surface area (Å²) >= 11 is 11.4. The molecular formula is C6H7Cl2NSi.